The van der Waals surface area contributed by atoms with Crippen molar-refractivity contribution in [2.75, 3.05) is 17.5 Å². The highest BCUT2D eigenvalue weighted by Gasteiger charge is 2.73. The number of nitrogens with zero attached hydrogens (tertiary/aromatic N) is 1. The number of phenolic OH excluding ortho intramolecular Hbond substituents is 1. The summed E-state index contributed by atoms with van der Waals surface area (Å²) >= 11 is 2.08. The van der Waals surface area contributed by atoms with Crippen LogP contribution in [0.15, 0.2) is 12.1 Å². The van der Waals surface area contributed by atoms with E-state index in [1.165, 1.54) is 18.4 Å². The van der Waals surface area contributed by atoms with Crippen LogP contribution in [-0.2, 0) is 16.6 Å². The maximum Gasteiger partial charge on any atom is 0.230 e. The van der Waals surface area contributed by atoms with E-state index in [0.717, 1.165) is 37.4 Å². The number of aliphatic hydroxyl groups is 1. The average Bonchev–Trinajstić information content (AvgIpc) is 3.44. The van der Waals surface area contributed by atoms with Crippen molar-refractivity contribution < 1.29 is 19.7 Å². The minimum Gasteiger partial charge on any atom is -0.504 e. The van der Waals surface area contributed by atoms with Crippen molar-refractivity contribution >= 4 is 28.5 Å². The Morgan fingerprint density at radius 2 is 2.14 bits per heavy atom. The van der Waals surface area contributed by atoms with Crippen molar-refractivity contribution in [1.82, 2.24) is 10.2 Å². The number of carbonyl (C=O) groups excluding carboxylic acids is 1. The first kappa shape index (κ1) is 18.7. The third kappa shape index (κ3) is 2.38. The molecule has 29 heavy (non-hydrogen) atoms. The molecule has 3 N–H and O–H groups in total. The second-order valence-corrected chi connectivity index (χ2v) is 10.4. The Balaban J connectivity index is 1.49. The van der Waals surface area contributed by atoms with Crippen molar-refractivity contribution in [1.29, 1.82) is 0 Å². The van der Waals surface area contributed by atoms with Gasteiger partial charge in [-0.1, -0.05) is 28.7 Å². The van der Waals surface area contributed by atoms with E-state index in [0.29, 0.717) is 23.0 Å². The zero-order chi connectivity index (χ0) is 20.0. The molecule has 6 rings (SSSR count). The lowest BCUT2D eigenvalue weighted by Crippen LogP contribution is -2.78. The standard InChI is InChI=1S/C22H27IN2O4/c23-10-17(27)24-14-5-6-22(28)16-9-13-3-4-15(26)19-18(13)21(22,20(14)29-19)7-8-25(16)11-12-1-2-12/h3-4,12,14,16,20,26,28H,1-2,5-11H2,(H,24,27)/t14-,16?,20+,21?,22?/m1/s1. The third-order valence-corrected chi connectivity index (χ3v) is 8.92. The van der Waals surface area contributed by atoms with Crippen LogP contribution in [0.3, 0.4) is 0 Å². The molecule has 5 atom stereocenters. The number of hydrogen-bond donors (Lipinski definition) is 3. The lowest BCUT2D eigenvalue weighted by molar-refractivity contribution is -0.192. The Hall–Kier alpha value is -1.06. The number of rotatable bonds is 4. The maximum absolute atomic E-state index is 12.3. The van der Waals surface area contributed by atoms with E-state index in [1.807, 2.05) is 6.07 Å². The van der Waals surface area contributed by atoms with Crippen LogP contribution in [0.5, 0.6) is 11.5 Å². The summed E-state index contributed by atoms with van der Waals surface area (Å²) in [5.41, 5.74) is 0.764. The topological polar surface area (TPSA) is 82.0 Å². The largest absolute Gasteiger partial charge is 0.504 e. The maximum atomic E-state index is 12.3. The SMILES string of the molecule is O=C(CI)N[C@@H]1CCC2(O)C3Cc4ccc(O)c5c4C2(CCN3CC2CC2)[C@H]1O5. The molecule has 3 fully saturated rings. The molecule has 1 saturated heterocycles. The first-order chi connectivity index (χ1) is 14.0. The number of alkyl halides is 1. The quantitative estimate of drug-likeness (QED) is 0.426. The van der Waals surface area contributed by atoms with Gasteiger partial charge in [0.1, 0.15) is 6.10 Å². The highest BCUT2D eigenvalue weighted by atomic mass is 127. The van der Waals surface area contributed by atoms with Crippen LogP contribution in [0.25, 0.3) is 0 Å². The van der Waals surface area contributed by atoms with Crippen LogP contribution in [0.2, 0.25) is 0 Å². The average molecular weight is 510 g/mol. The Morgan fingerprint density at radius 1 is 1.31 bits per heavy atom. The molecule has 1 aromatic carbocycles. The summed E-state index contributed by atoms with van der Waals surface area (Å²) < 4.78 is 6.82. The summed E-state index contributed by atoms with van der Waals surface area (Å²) in [5.74, 6) is 1.46. The molecule has 0 aromatic heterocycles. The van der Waals surface area contributed by atoms with E-state index < -0.39 is 11.0 Å². The van der Waals surface area contributed by atoms with Crippen molar-refractivity contribution in [3.8, 4) is 11.5 Å². The molecular weight excluding hydrogens is 483 g/mol. The second kappa shape index (κ2) is 6.23. The molecule has 5 aliphatic rings. The zero-order valence-corrected chi connectivity index (χ0v) is 18.5. The molecule has 2 saturated carbocycles. The van der Waals surface area contributed by atoms with Gasteiger partial charge in [-0.3, -0.25) is 9.69 Å². The van der Waals surface area contributed by atoms with E-state index >= 15 is 0 Å². The first-order valence-corrected chi connectivity index (χ1v) is 12.3. The molecule has 1 aromatic rings. The van der Waals surface area contributed by atoms with Gasteiger partial charge in [0.05, 0.1) is 21.5 Å². The molecule has 1 spiro atoms. The fraction of sp³-hybridized carbons (Fsp3) is 0.682. The summed E-state index contributed by atoms with van der Waals surface area (Å²) in [6.07, 6.45) is 5.23. The molecule has 7 heteroatoms. The molecule has 3 aliphatic carbocycles. The molecule has 6 nitrogen and oxygen atoms in total. The van der Waals surface area contributed by atoms with Crippen LogP contribution >= 0.6 is 22.6 Å². The van der Waals surface area contributed by atoms with Gasteiger partial charge >= 0.3 is 0 Å². The van der Waals surface area contributed by atoms with Gasteiger partial charge in [0.25, 0.3) is 0 Å². The Labute approximate surface area is 184 Å². The number of amides is 1. The normalized spacial score (nSPS) is 39.6. The van der Waals surface area contributed by atoms with Gasteiger partial charge in [-0.05, 0) is 62.6 Å². The number of carbonyl (C=O) groups is 1. The molecule has 2 bridgehead atoms. The predicted molar refractivity (Wildman–Crippen MR) is 116 cm³/mol. The van der Waals surface area contributed by atoms with Crippen LogP contribution in [0, 0.1) is 5.92 Å². The molecule has 1 amide bonds. The van der Waals surface area contributed by atoms with Gasteiger partial charge in [0.2, 0.25) is 5.91 Å². The number of likely N-dealkylation sites (tertiary alicyclic amines) is 1. The fourth-order valence-corrected chi connectivity index (χ4v) is 7.09. The summed E-state index contributed by atoms with van der Waals surface area (Å²) in [6.45, 7) is 2.01. The number of nitrogens with one attached hydrogen (secondary N) is 1. The van der Waals surface area contributed by atoms with Crippen LogP contribution in [-0.4, -0.2) is 62.3 Å². The number of aromatic hydroxyl groups is 1. The van der Waals surface area contributed by atoms with E-state index in [-0.39, 0.29) is 29.8 Å². The lowest BCUT2D eigenvalue weighted by atomic mass is 9.48. The van der Waals surface area contributed by atoms with Crippen molar-refractivity contribution in [2.45, 2.75) is 67.7 Å². The fourth-order valence-electron chi connectivity index (χ4n) is 6.87. The number of ether oxygens (including phenoxy) is 1. The molecule has 0 radical (unpaired) electrons. The number of phenols is 1. The smallest absolute Gasteiger partial charge is 0.230 e. The van der Waals surface area contributed by atoms with E-state index in [4.69, 9.17) is 4.74 Å². The van der Waals surface area contributed by atoms with E-state index in [1.54, 1.807) is 6.07 Å². The summed E-state index contributed by atoms with van der Waals surface area (Å²) in [4.78, 5) is 14.7. The molecule has 2 heterocycles. The van der Waals surface area contributed by atoms with Crippen LogP contribution in [0.1, 0.15) is 43.2 Å². The predicted octanol–water partition coefficient (Wildman–Crippen LogP) is 1.88. The summed E-state index contributed by atoms with van der Waals surface area (Å²) in [7, 11) is 0. The first-order valence-electron chi connectivity index (χ1n) is 10.8. The van der Waals surface area contributed by atoms with Crippen molar-refractivity contribution in [3.63, 3.8) is 0 Å². The minimum atomic E-state index is -0.887. The molecular formula is C22H27IN2O4. The van der Waals surface area contributed by atoms with Gasteiger partial charge in [-0.15, -0.1) is 0 Å². The molecule has 3 unspecified atom stereocenters. The van der Waals surface area contributed by atoms with Crippen LogP contribution in [0.4, 0.5) is 0 Å². The third-order valence-electron chi connectivity index (χ3n) is 8.23. The number of hydrogen-bond acceptors (Lipinski definition) is 5. The minimum absolute atomic E-state index is 0.0000277. The number of benzene rings is 1. The van der Waals surface area contributed by atoms with Crippen LogP contribution < -0.4 is 10.1 Å². The molecule has 156 valence electrons. The highest BCUT2D eigenvalue weighted by molar-refractivity contribution is 14.1. The molecule has 2 aliphatic heterocycles. The lowest BCUT2D eigenvalue weighted by Gasteiger charge is -2.64. The highest BCUT2D eigenvalue weighted by Crippen LogP contribution is 2.65. The zero-order valence-electron chi connectivity index (χ0n) is 16.4. The Kier molecular flexibility index (Phi) is 4.02. The van der Waals surface area contributed by atoms with Crippen molar-refractivity contribution in [3.05, 3.63) is 23.3 Å². The van der Waals surface area contributed by atoms with Gasteiger partial charge < -0.3 is 20.3 Å². The number of piperidine rings is 1. The Morgan fingerprint density at radius 3 is 2.90 bits per heavy atom. The van der Waals surface area contributed by atoms with Gasteiger partial charge in [0.15, 0.2) is 11.5 Å². The number of halogens is 1. The van der Waals surface area contributed by atoms with E-state index in [2.05, 4.69) is 32.8 Å². The van der Waals surface area contributed by atoms with E-state index in [9.17, 15) is 15.0 Å². The Bertz CT molecular complexity index is 890. The van der Waals surface area contributed by atoms with Gasteiger partial charge in [0, 0.05) is 18.2 Å². The van der Waals surface area contributed by atoms with Gasteiger partial charge in [-0.25, -0.2) is 0 Å². The monoisotopic (exact) mass is 510 g/mol. The van der Waals surface area contributed by atoms with Gasteiger partial charge in [-0.2, -0.15) is 0 Å². The summed E-state index contributed by atoms with van der Waals surface area (Å²) in [5, 5.41) is 26.0. The van der Waals surface area contributed by atoms with Crippen molar-refractivity contribution in [2.24, 2.45) is 5.92 Å². The summed E-state index contributed by atoms with van der Waals surface area (Å²) in [6, 6.07) is 3.67. The second-order valence-electron chi connectivity index (χ2n) is 9.64.